The van der Waals surface area contributed by atoms with E-state index in [4.69, 9.17) is 9.47 Å². The Morgan fingerprint density at radius 2 is 1.87 bits per heavy atom. The van der Waals surface area contributed by atoms with Gasteiger partial charge in [0, 0.05) is 29.9 Å². The molecule has 0 radical (unpaired) electrons. The van der Waals surface area contributed by atoms with Gasteiger partial charge in [0.25, 0.3) is 5.91 Å². The molecule has 7 rings (SSSR count). The third kappa shape index (κ3) is 7.76. The largest absolute Gasteiger partial charge is 0.449 e. The Bertz CT molecular complexity index is 1780. The van der Waals surface area contributed by atoms with Crippen molar-refractivity contribution in [3.05, 3.63) is 47.3 Å². The number of halogens is 1. The van der Waals surface area contributed by atoms with Crippen LogP contribution >= 0.6 is 0 Å². The third-order valence-electron chi connectivity index (χ3n) is 11.2. The summed E-state index contributed by atoms with van der Waals surface area (Å²) in [5.74, 6) is -3.02. The van der Waals surface area contributed by atoms with Crippen molar-refractivity contribution in [1.82, 2.24) is 25.2 Å². The van der Waals surface area contributed by atoms with Crippen LogP contribution in [0.1, 0.15) is 88.7 Å². The molecule has 52 heavy (non-hydrogen) atoms. The fraction of sp³-hybridized carbons (Fsp3) is 0.639. The summed E-state index contributed by atoms with van der Waals surface area (Å²) in [7, 11) is -3.92. The Balaban J connectivity index is 1.12. The summed E-state index contributed by atoms with van der Waals surface area (Å²) in [5.41, 5.74) is -0.576. The SMILES string of the molecule is CC1(COC(=O)N[C@H]2CCCCCC=C[C@@H]3C[C@@]3(C(=O)NS(=O)(=O)C3CC3)NC(=O)[C@@H]3C[C@@H](OC(=O)N4Cc5cccc(F)c5C4)CN3C2=O)CC1. The number of nitrogens with zero attached hydrogens (tertiary/aromatic N) is 2. The van der Waals surface area contributed by atoms with Gasteiger partial charge in [0.05, 0.1) is 24.9 Å². The Hall–Kier alpha value is -4.21. The number of hydrogen-bond acceptors (Lipinski definition) is 9. The molecule has 0 bridgehead atoms. The minimum Gasteiger partial charge on any atom is -0.449 e. The van der Waals surface area contributed by atoms with Crippen LogP contribution in [0.15, 0.2) is 30.4 Å². The van der Waals surface area contributed by atoms with E-state index in [1.54, 1.807) is 12.1 Å². The molecule has 5 atom stereocenters. The summed E-state index contributed by atoms with van der Waals surface area (Å²) in [6.45, 7) is 2.18. The van der Waals surface area contributed by atoms with Crippen molar-refractivity contribution >= 4 is 39.9 Å². The second kappa shape index (κ2) is 14.0. The maximum atomic E-state index is 14.4. The highest BCUT2D eigenvalue weighted by Gasteiger charge is 2.62. The zero-order valence-electron chi connectivity index (χ0n) is 29.2. The molecule has 0 spiro atoms. The Labute approximate surface area is 302 Å². The molecule has 6 aliphatic rings. The molecule has 0 unspecified atom stereocenters. The van der Waals surface area contributed by atoms with Crippen molar-refractivity contribution in [2.75, 3.05) is 13.2 Å². The number of ether oxygens (including phenoxy) is 2. The maximum Gasteiger partial charge on any atom is 0.410 e. The first kappa shape index (κ1) is 36.2. The quantitative estimate of drug-likeness (QED) is 0.354. The molecule has 3 aliphatic carbocycles. The lowest BCUT2D eigenvalue weighted by Crippen LogP contribution is -2.58. The summed E-state index contributed by atoms with van der Waals surface area (Å²) < 4.78 is 53.4. The van der Waals surface area contributed by atoms with E-state index >= 15 is 0 Å². The number of benzene rings is 1. The first-order valence-electron chi connectivity index (χ1n) is 18.3. The van der Waals surface area contributed by atoms with Gasteiger partial charge in [-0.2, -0.15) is 0 Å². The highest BCUT2D eigenvalue weighted by molar-refractivity contribution is 7.91. The maximum absolute atomic E-state index is 14.4. The molecular weight excluding hydrogens is 697 g/mol. The second-order valence-electron chi connectivity index (χ2n) is 15.6. The van der Waals surface area contributed by atoms with E-state index in [2.05, 4.69) is 15.4 Å². The minimum absolute atomic E-state index is 0.00355. The van der Waals surface area contributed by atoms with Gasteiger partial charge in [0.15, 0.2) is 0 Å². The summed E-state index contributed by atoms with van der Waals surface area (Å²) in [6.07, 6.45) is 7.17. The van der Waals surface area contributed by atoms with E-state index in [0.29, 0.717) is 36.8 Å². The molecule has 14 nitrogen and oxygen atoms in total. The number of allylic oxidation sites excluding steroid dienone is 1. The first-order valence-corrected chi connectivity index (χ1v) is 19.8. The molecule has 3 aliphatic heterocycles. The number of fused-ring (bicyclic) bond motifs is 3. The topological polar surface area (TPSA) is 181 Å². The van der Waals surface area contributed by atoms with E-state index in [-0.39, 0.29) is 50.9 Å². The number of rotatable bonds is 7. The fourth-order valence-corrected chi connectivity index (χ4v) is 8.72. The number of alkyl carbamates (subject to hydrolysis) is 1. The van der Waals surface area contributed by atoms with Crippen molar-refractivity contribution < 1.29 is 46.3 Å². The number of carbonyl (C=O) groups excluding carboxylic acids is 5. The molecule has 282 valence electrons. The van der Waals surface area contributed by atoms with Crippen molar-refractivity contribution in [3.63, 3.8) is 0 Å². The lowest BCUT2D eigenvalue weighted by molar-refractivity contribution is -0.141. The van der Waals surface area contributed by atoms with Crippen molar-refractivity contribution in [3.8, 4) is 0 Å². The zero-order chi connectivity index (χ0) is 36.8. The molecule has 1 aromatic rings. The molecule has 16 heteroatoms. The van der Waals surface area contributed by atoms with Gasteiger partial charge >= 0.3 is 12.2 Å². The monoisotopic (exact) mass is 743 g/mol. The molecule has 3 heterocycles. The van der Waals surface area contributed by atoms with Crippen LogP contribution in [0.4, 0.5) is 14.0 Å². The first-order chi connectivity index (χ1) is 24.8. The molecule has 5 amide bonds. The molecule has 3 N–H and O–H groups in total. The van der Waals surface area contributed by atoms with Crippen LogP contribution in [0.3, 0.4) is 0 Å². The predicted octanol–water partition coefficient (Wildman–Crippen LogP) is 3.15. The smallest absolute Gasteiger partial charge is 0.410 e. The van der Waals surface area contributed by atoms with Crippen LogP contribution < -0.4 is 15.4 Å². The lowest BCUT2D eigenvalue weighted by Gasteiger charge is -2.29. The summed E-state index contributed by atoms with van der Waals surface area (Å²) in [4.78, 5) is 71.0. The summed E-state index contributed by atoms with van der Waals surface area (Å²) in [5, 5.41) is 4.85. The highest BCUT2D eigenvalue weighted by atomic mass is 32.2. The molecule has 3 saturated carbocycles. The Morgan fingerprint density at radius 1 is 1.08 bits per heavy atom. The summed E-state index contributed by atoms with van der Waals surface area (Å²) >= 11 is 0. The van der Waals surface area contributed by atoms with Gasteiger partial charge < -0.3 is 25.0 Å². The van der Waals surface area contributed by atoms with E-state index in [0.717, 1.165) is 25.7 Å². The number of carbonyl (C=O) groups is 5. The van der Waals surface area contributed by atoms with E-state index < -0.39 is 80.6 Å². The van der Waals surface area contributed by atoms with Crippen molar-refractivity contribution in [1.29, 1.82) is 0 Å². The number of sulfonamides is 1. The van der Waals surface area contributed by atoms with Crippen LogP contribution in [0.5, 0.6) is 0 Å². The van der Waals surface area contributed by atoms with Crippen LogP contribution in [-0.4, -0.2) is 90.3 Å². The third-order valence-corrected chi connectivity index (χ3v) is 13.1. The number of amides is 5. The average molecular weight is 744 g/mol. The standard InChI is InChI=1S/C36H46FN5O9S/c1-35(14-15-35)21-50-33(46)38-28-11-6-4-2-3-5-9-23-17-36(23,32(45)40-52(48,49)25-12-13-25)39-30(43)29-16-24(19-42(29)31(28)44)51-34(47)41-18-22-8-7-10-27(37)26(22)20-41/h5,7-10,23-25,28-29H,2-4,6,11-21H2,1H3,(H,38,46)(H,39,43)(H,40,45)/t23-,24-,28+,29+,36-/m1/s1. The zero-order valence-corrected chi connectivity index (χ0v) is 30.1. The molecule has 0 aromatic heterocycles. The lowest BCUT2D eigenvalue weighted by atomic mass is 10.0. The van der Waals surface area contributed by atoms with Crippen LogP contribution in [0, 0.1) is 17.2 Å². The molecular formula is C36H46FN5O9S. The number of hydrogen-bond donors (Lipinski definition) is 3. The number of nitrogens with one attached hydrogen (secondary N) is 3. The highest BCUT2D eigenvalue weighted by Crippen LogP contribution is 2.46. The van der Waals surface area contributed by atoms with Crippen LogP contribution in [0.2, 0.25) is 0 Å². The van der Waals surface area contributed by atoms with Gasteiger partial charge in [-0.25, -0.2) is 22.4 Å². The summed E-state index contributed by atoms with van der Waals surface area (Å²) in [6, 6.07) is 2.35. The Kier molecular flexibility index (Phi) is 9.72. The van der Waals surface area contributed by atoms with Gasteiger partial charge in [-0.15, -0.1) is 0 Å². The van der Waals surface area contributed by atoms with E-state index in [1.807, 2.05) is 19.1 Å². The minimum atomic E-state index is -3.92. The van der Waals surface area contributed by atoms with E-state index in [9.17, 15) is 36.8 Å². The van der Waals surface area contributed by atoms with Gasteiger partial charge in [0.2, 0.25) is 21.8 Å². The molecule has 1 aromatic carbocycles. The van der Waals surface area contributed by atoms with Crippen LogP contribution in [-0.2, 0) is 47.0 Å². The predicted molar refractivity (Wildman–Crippen MR) is 183 cm³/mol. The van der Waals surface area contributed by atoms with Crippen molar-refractivity contribution in [2.45, 2.75) is 120 Å². The fourth-order valence-electron chi connectivity index (χ4n) is 7.36. The van der Waals surface area contributed by atoms with Gasteiger partial charge in [0.1, 0.15) is 29.5 Å². The second-order valence-corrected chi connectivity index (χ2v) is 17.5. The molecule has 4 fully saturated rings. The van der Waals surface area contributed by atoms with Crippen molar-refractivity contribution in [2.24, 2.45) is 11.3 Å². The molecule has 1 saturated heterocycles. The normalized spacial score (nSPS) is 29.7. The van der Waals surface area contributed by atoms with Crippen LogP contribution in [0.25, 0.3) is 0 Å². The van der Waals surface area contributed by atoms with Gasteiger partial charge in [-0.05, 0) is 63.0 Å². The Morgan fingerprint density at radius 3 is 2.60 bits per heavy atom. The van der Waals surface area contributed by atoms with Gasteiger partial charge in [-0.3, -0.25) is 24.0 Å². The average Bonchev–Trinajstić information content (AvgIpc) is 4.06. The van der Waals surface area contributed by atoms with Gasteiger partial charge in [-0.1, -0.05) is 44.1 Å². The van der Waals surface area contributed by atoms with E-state index in [1.165, 1.54) is 15.9 Å².